The number of benzene rings is 2. The number of carbonyl (C=O) groups excluding carboxylic acids is 1. The van der Waals surface area contributed by atoms with E-state index in [0.29, 0.717) is 30.4 Å². The first-order valence-corrected chi connectivity index (χ1v) is 8.73. The number of rotatable bonds is 5. The van der Waals surface area contributed by atoms with Crippen molar-refractivity contribution in [2.45, 2.75) is 18.9 Å². The van der Waals surface area contributed by atoms with E-state index in [-0.39, 0.29) is 30.7 Å². The third-order valence-electron chi connectivity index (χ3n) is 4.64. The van der Waals surface area contributed by atoms with E-state index >= 15 is 0 Å². The Morgan fingerprint density at radius 3 is 2.18 bits per heavy atom. The van der Waals surface area contributed by atoms with Gasteiger partial charge >= 0.3 is 0 Å². The van der Waals surface area contributed by atoms with Gasteiger partial charge in [-0.05, 0) is 31.0 Å². The van der Waals surface area contributed by atoms with E-state index in [2.05, 4.69) is 5.32 Å². The van der Waals surface area contributed by atoms with Crippen molar-refractivity contribution in [3.05, 3.63) is 48.0 Å². The van der Waals surface area contributed by atoms with Crippen LogP contribution in [0.5, 0.6) is 11.5 Å². The van der Waals surface area contributed by atoms with Crippen molar-refractivity contribution in [1.29, 1.82) is 0 Å². The number of halogens is 2. The third-order valence-corrected chi connectivity index (χ3v) is 4.64. The van der Waals surface area contributed by atoms with Crippen LogP contribution in [0.15, 0.2) is 42.5 Å². The van der Waals surface area contributed by atoms with Crippen molar-refractivity contribution in [2.24, 2.45) is 0 Å². The maximum absolute atomic E-state index is 12.6. The van der Waals surface area contributed by atoms with Crippen LogP contribution in [-0.4, -0.2) is 44.2 Å². The molecule has 6 nitrogen and oxygen atoms in total. The van der Waals surface area contributed by atoms with Gasteiger partial charge in [-0.1, -0.05) is 6.07 Å². The molecule has 154 valence electrons. The fraction of sp³-hybridized carbons (Fsp3) is 0.350. The number of nitrogen functional groups attached to an aromatic ring is 1. The first kappa shape index (κ1) is 23.7. The Kier molecular flexibility index (Phi) is 9.22. The van der Waals surface area contributed by atoms with E-state index in [1.165, 1.54) is 0 Å². The molecule has 1 amide bonds. The highest BCUT2D eigenvalue weighted by atomic mass is 35.5. The molecule has 8 heteroatoms. The molecule has 1 heterocycles. The quantitative estimate of drug-likeness (QED) is 0.708. The Bertz CT molecular complexity index is 759. The lowest BCUT2D eigenvalue weighted by atomic mass is 10.0. The normalized spacial score (nSPS) is 13.7. The van der Waals surface area contributed by atoms with Gasteiger partial charge in [-0.3, -0.25) is 4.79 Å². The predicted octanol–water partition coefficient (Wildman–Crippen LogP) is 3.85. The molecule has 28 heavy (non-hydrogen) atoms. The van der Waals surface area contributed by atoms with Gasteiger partial charge < -0.3 is 25.4 Å². The number of methoxy groups -OCH3 is 2. The van der Waals surface area contributed by atoms with Crippen LogP contribution in [0.4, 0.5) is 11.4 Å². The van der Waals surface area contributed by atoms with Crippen LogP contribution in [0.3, 0.4) is 0 Å². The van der Waals surface area contributed by atoms with Gasteiger partial charge in [0.2, 0.25) is 0 Å². The first-order valence-electron chi connectivity index (χ1n) is 8.73. The molecule has 0 saturated carbocycles. The second kappa shape index (κ2) is 10.9. The summed E-state index contributed by atoms with van der Waals surface area (Å²) in [6.07, 6.45) is 1.77. The lowest BCUT2D eigenvalue weighted by Gasteiger charge is -2.33. The largest absolute Gasteiger partial charge is 0.497 e. The molecule has 2 aromatic rings. The Balaban J connectivity index is 0.00000196. The first-order chi connectivity index (χ1) is 12.6. The number of carbonyl (C=O) groups is 1. The van der Waals surface area contributed by atoms with Crippen molar-refractivity contribution >= 4 is 42.1 Å². The number of hydrogen-bond acceptors (Lipinski definition) is 5. The van der Waals surface area contributed by atoms with Gasteiger partial charge in [0.05, 0.1) is 14.2 Å². The number of ether oxygens (including phenoxy) is 2. The molecule has 0 atom stereocenters. The van der Waals surface area contributed by atoms with E-state index in [0.717, 1.165) is 30.0 Å². The molecule has 0 radical (unpaired) electrons. The van der Waals surface area contributed by atoms with Crippen LogP contribution in [0.25, 0.3) is 0 Å². The molecule has 0 aromatic heterocycles. The molecule has 0 bridgehead atoms. The number of amides is 1. The monoisotopic (exact) mass is 427 g/mol. The van der Waals surface area contributed by atoms with Crippen molar-refractivity contribution in [1.82, 2.24) is 4.90 Å². The summed E-state index contributed by atoms with van der Waals surface area (Å²) in [5.41, 5.74) is 8.00. The Morgan fingerprint density at radius 2 is 1.64 bits per heavy atom. The summed E-state index contributed by atoms with van der Waals surface area (Å²) >= 11 is 0. The zero-order chi connectivity index (χ0) is 18.5. The number of nitrogens with zero attached hydrogens (tertiary/aromatic N) is 1. The highest BCUT2D eigenvalue weighted by Crippen LogP contribution is 2.27. The van der Waals surface area contributed by atoms with Gasteiger partial charge in [0.25, 0.3) is 5.91 Å². The van der Waals surface area contributed by atoms with Crippen molar-refractivity contribution in [2.75, 3.05) is 38.4 Å². The van der Waals surface area contributed by atoms with Crippen LogP contribution in [-0.2, 0) is 0 Å². The summed E-state index contributed by atoms with van der Waals surface area (Å²) < 4.78 is 10.6. The maximum atomic E-state index is 12.6. The van der Waals surface area contributed by atoms with Crippen LogP contribution >= 0.6 is 24.8 Å². The molecule has 3 rings (SSSR count). The molecular formula is C20H27Cl2N3O3. The third kappa shape index (κ3) is 5.84. The molecule has 0 aliphatic carbocycles. The van der Waals surface area contributed by atoms with Gasteiger partial charge in [0.1, 0.15) is 11.5 Å². The van der Waals surface area contributed by atoms with Crippen LogP contribution < -0.4 is 20.5 Å². The van der Waals surface area contributed by atoms with Crippen molar-refractivity contribution < 1.29 is 14.3 Å². The van der Waals surface area contributed by atoms with E-state index in [9.17, 15) is 4.79 Å². The standard InChI is InChI=1S/C20H25N3O3.2ClH/c1-25-18-11-17(12-19(13-18)26-2)22-16-6-8-23(9-7-16)20(24)14-4-3-5-15(21)10-14;;/h3-5,10-13,16,22H,6-9,21H2,1-2H3;2*1H. The summed E-state index contributed by atoms with van der Waals surface area (Å²) in [5, 5.41) is 3.52. The second-order valence-corrected chi connectivity index (χ2v) is 6.44. The SMILES string of the molecule is COc1cc(NC2CCN(C(=O)c3cccc(N)c3)CC2)cc(OC)c1.Cl.Cl. The average molecular weight is 428 g/mol. The molecule has 0 spiro atoms. The molecule has 2 aromatic carbocycles. The lowest BCUT2D eigenvalue weighted by Crippen LogP contribution is -2.42. The Morgan fingerprint density at radius 1 is 1.04 bits per heavy atom. The molecule has 1 fully saturated rings. The fourth-order valence-corrected chi connectivity index (χ4v) is 3.21. The minimum absolute atomic E-state index is 0. The smallest absolute Gasteiger partial charge is 0.253 e. The number of nitrogens with two attached hydrogens (primary N) is 1. The van der Waals surface area contributed by atoms with E-state index < -0.39 is 0 Å². The number of hydrogen-bond donors (Lipinski definition) is 2. The number of piperidine rings is 1. The lowest BCUT2D eigenvalue weighted by molar-refractivity contribution is 0.0718. The van der Waals surface area contributed by atoms with Crippen LogP contribution in [0.1, 0.15) is 23.2 Å². The highest BCUT2D eigenvalue weighted by Gasteiger charge is 2.23. The topological polar surface area (TPSA) is 76.8 Å². The van der Waals surface area contributed by atoms with E-state index in [1.54, 1.807) is 26.4 Å². The maximum Gasteiger partial charge on any atom is 0.253 e. The summed E-state index contributed by atoms with van der Waals surface area (Å²) in [5.74, 6) is 1.54. The molecule has 0 unspecified atom stereocenters. The zero-order valence-corrected chi connectivity index (χ0v) is 17.6. The van der Waals surface area contributed by atoms with Crippen molar-refractivity contribution in [3.8, 4) is 11.5 Å². The Labute approximate surface area is 178 Å². The average Bonchev–Trinajstić information content (AvgIpc) is 2.67. The van der Waals surface area contributed by atoms with E-state index in [4.69, 9.17) is 15.2 Å². The van der Waals surface area contributed by atoms with Gasteiger partial charge in [0, 0.05) is 54.3 Å². The number of likely N-dealkylation sites (tertiary alicyclic amines) is 1. The second-order valence-electron chi connectivity index (χ2n) is 6.44. The van der Waals surface area contributed by atoms with Gasteiger partial charge in [-0.15, -0.1) is 24.8 Å². The minimum Gasteiger partial charge on any atom is -0.497 e. The zero-order valence-electron chi connectivity index (χ0n) is 16.0. The van der Waals surface area contributed by atoms with Crippen LogP contribution in [0.2, 0.25) is 0 Å². The van der Waals surface area contributed by atoms with E-state index in [1.807, 2.05) is 35.2 Å². The molecular weight excluding hydrogens is 401 g/mol. The fourth-order valence-electron chi connectivity index (χ4n) is 3.21. The molecule has 3 N–H and O–H groups in total. The molecule has 1 aliphatic heterocycles. The number of nitrogens with one attached hydrogen (secondary N) is 1. The van der Waals surface area contributed by atoms with Gasteiger partial charge in [-0.2, -0.15) is 0 Å². The van der Waals surface area contributed by atoms with Gasteiger partial charge in [0.15, 0.2) is 0 Å². The van der Waals surface area contributed by atoms with Crippen molar-refractivity contribution in [3.63, 3.8) is 0 Å². The predicted molar refractivity (Wildman–Crippen MR) is 117 cm³/mol. The summed E-state index contributed by atoms with van der Waals surface area (Å²) in [7, 11) is 3.28. The van der Waals surface area contributed by atoms with Crippen LogP contribution in [0, 0.1) is 0 Å². The highest BCUT2D eigenvalue weighted by molar-refractivity contribution is 5.95. The minimum atomic E-state index is 0. The van der Waals surface area contributed by atoms with Gasteiger partial charge in [-0.25, -0.2) is 0 Å². The summed E-state index contributed by atoms with van der Waals surface area (Å²) in [6, 6.07) is 13.2. The Hall–Kier alpha value is -2.31. The summed E-state index contributed by atoms with van der Waals surface area (Å²) in [6.45, 7) is 1.43. The molecule has 1 saturated heterocycles. The molecule has 1 aliphatic rings. The number of anilines is 2. The summed E-state index contributed by atoms with van der Waals surface area (Å²) in [4.78, 5) is 14.5.